The fraction of sp³-hybridized carbons (Fsp3) is 0.333. The second-order valence-electron chi connectivity index (χ2n) is 7.76. The molecule has 0 bridgehead atoms. The van der Waals surface area contributed by atoms with E-state index in [1.54, 1.807) is 43.5 Å². The Balaban J connectivity index is 1.97. The molecule has 0 aliphatic rings. The Morgan fingerprint density at radius 2 is 2.03 bits per heavy atom. The number of carbonyl (C=O) groups excluding carboxylic acids is 1. The molecule has 3 rings (SSSR count). The Kier molecular flexibility index (Phi) is 6.04. The SMILES string of the molecule is C[C@H](N)C(=O)NCc1nc2ccc(Oc3ccc(F)cc3F)cc2n1CC(C)(C)O. The second-order valence-corrected chi connectivity index (χ2v) is 7.76. The van der Waals surface area contributed by atoms with Gasteiger partial charge in [-0.25, -0.2) is 13.8 Å². The van der Waals surface area contributed by atoms with E-state index in [9.17, 15) is 18.7 Å². The summed E-state index contributed by atoms with van der Waals surface area (Å²) in [6.45, 7) is 5.19. The van der Waals surface area contributed by atoms with Gasteiger partial charge in [0.25, 0.3) is 0 Å². The van der Waals surface area contributed by atoms with Crippen molar-refractivity contribution >= 4 is 16.9 Å². The van der Waals surface area contributed by atoms with Gasteiger partial charge >= 0.3 is 0 Å². The molecule has 0 radical (unpaired) electrons. The van der Waals surface area contributed by atoms with E-state index in [0.717, 1.165) is 12.1 Å². The van der Waals surface area contributed by atoms with Crippen molar-refractivity contribution in [3.63, 3.8) is 0 Å². The fourth-order valence-corrected chi connectivity index (χ4v) is 2.93. The molecule has 0 fully saturated rings. The van der Waals surface area contributed by atoms with Crippen LogP contribution in [0, 0.1) is 11.6 Å². The fourth-order valence-electron chi connectivity index (χ4n) is 2.93. The summed E-state index contributed by atoms with van der Waals surface area (Å²) < 4.78 is 34.4. The maximum atomic E-state index is 13.9. The van der Waals surface area contributed by atoms with Crippen LogP contribution in [-0.4, -0.2) is 32.2 Å². The molecule has 1 aromatic heterocycles. The first-order valence-electron chi connectivity index (χ1n) is 9.41. The van der Waals surface area contributed by atoms with Crippen molar-refractivity contribution in [2.24, 2.45) is 5.73 Å². The standard InChI is InChI=1S/C21H24F2N4O3/c1-12(24)20(28)25-10-19-26-16-6-5-14(9-17(16)27(19)11-21(2,3)29)30-18-7-4-13(22)8-15(18)23/h4-9,12,29H,10-11,24H2,1-3H3,(H,25,28)/t12-/m0/s1. The van der Waals surface area contributed by atoms with Crippen molar-refractivity contribution in [2.75, 3.05) is 0 Å². The Bertz CT molecular complexity index is 1070. The van der Waals surface area contributed by atoms with Crippen LogP contribution in [-0.2, 0) is 17.9 Å². The van der Waals surface area contributed by atoms with E-state index in [1.165, 1.54) is 6.07 Å². The van der Waals surface area contributed by atoms with Crippen LogP contribution < -0.4 is 15.8 Å². The third-order valence-electron chi connectivity index (χ3n) is 4.30. The molecular weight excluding hydrogens is 394 g/mol. The summed E-state index contributed by atoms with van der Waals surface area (Å²) in [5.41, 5.74) is 5.75. The number of nitrogens with one attached hydrogen (secondary N) is 1. The molecule has 4 N–H and O–H groups in total. The van der Waals surface area contributed by atoms with E-state index in [-0.39, 0.29) is 24.7 Å². The van der Waals surface area contributed by atoms with Gasteiger partial charge in [0.05, 0.1) is 35.8 Å². The van der Waals surface area contributed by atoms with E-state index in [0.29, 0.717) is 22.6 Å². The van der Waals surface area contributed by atoms with Crippen LogP contribution in [0.4, 0.5) is 8.78 Å². The smallest absolute Gasteiger partial charge is 0.237 e. The summed E-state index contributed by atoms with van der Waals surface area (Å²) in [7, 11) is 0. The predicted octanol–water partition coefficient (Wildman–Crippen LogP) is 2.84. The highest BCUT2D eigenvalue weighted by Crippen LogP contribution is 2.29. The molecule has 0 unspecified atom stereocenters. The third-order valence-corrected chi connectivity index (χ3v) is 4.30. The zero-order valence-corrected chi connectivity index (χ0v) is 16.9. The lowest BCUT2D eigenvalue weighted by Gasteiger charge is -2.20. The van der Waals surface area contributed by atoms with Crippen LogP contribution in [0.5, 0.6) is 11.5 Å². The topological polar surface area (TPSA) is 102 Å². The number of hydrogen-bond acceptors (Lipinski definition) is 5. The number of rotatable bonds is 7. The lowest BCUT2D eigenvalue weighted by atomic mass is 10.1. The van der Waals surface area contributed by atoms with Crippen molar-refractivity contribution in [1.82, 2.24) is 14.9 Å². The summed E-state index contributed by atoms with van der Waals surface area (Å²) in [5, 5.41) is 13.0. The first-order valence-corrected chi connectivity index (χ1v) is 9.41. The maximum Gasteiger partial charge on any atom is 0.237 e. The summed E-state index contributed by atoms with van der Waals surface area (Å²) >= 11 is 0. The van der Waals surface area contributed by atoms with Gasteiger partial charge < -0.3 is 25.5 Å². The molecule has 3 aromatic rings. The van der Waals surface area contributed by atoms with Gasteiger partial charge in [-0.2, -0.15) is 0 Å². The van der Waals surface area contributed by atoms with Gasteiger partial charge in [-0.05, 0) is 45.0 Å². The molecule has 1 heterocycles. The zero-order valence-electron chi connectivity index (χ0n) is 16.9. The number of halogens is 2. The van der Waals surface area contributed by atoms with Crippen molar-refractivity contribution in [2.45, 2.75) is 45.5 Å². The summed E-state index contributed by atoms with van der Waals surface area (Å²) in [6, 6.07) is 7.33. The van der Waals surface area contributed by atoms with E-state index in [4.69, 9.17) is 10.5 Å². The molecule has 2 aromatic carbocycles. The highest BCUT2D eigenvalue weighted by molar-refractivity contribution is 5.81. The van der Waals surface area contributed by atoms with Gasteiger partial charge in [-0.1, -0.05) is 0 Å². The second kappa shape index (κ2) is 8.37. The van der Waals surface area contributed by atoms with Crippen molar-refractivity contribution < 1.29 is 23.4 Å². The number of hydrogen-bond donors (Lipinski definition) is 3. The first kappa shape index (κ1) is 21.7. The van der Waals surface area contributed by atoms with E-state index < -0.39 is 23.3 Å². The average Bonchev–Trinajstić information content (AvgIpc) is 2.97. The Labute approximate surface area is 172 Å². The minimum absolute atomic E-state index is 0.117. The monoisotopic (exact) mass is 418 g/mol. The minimum Gasteiger partial charge on any atom is -0.454 e. The number of fused-ring (bicyclic) bond motifs is 1. The highest BCUT2D eigenvalue weighted by atomic mass is 19.1. The van der Waals surface area contributed by atoms with Crippen LogP contribution in [0.25, 0.3) is 11.0 Å². The quantitative estimate of drug-likeness (QED) is 0.548. The number of carbonyl (C=O) groups is 1. The van der Waals surface area contributed by atoms with Crippen LogP contribution in [0.3, 0.4) is 0 Å². The van der Waals surface area contributed by atoms with E-state index in [2.05, 4.69) is 10.3 Å². The zero-order chi connectivity index (χ0) is 22.1. The van der Waals surface area contributed by atoms with E-state index >= 15 is 0 Å². The summed E-state index contributed by atoms with van der Waals surface area (Å²) in [6.07, 6.45) is 0. The number of aromatic nitrogens is 2. The molecule has 0 spiro atoms. The number of amides is 1. The lowest BCUT2D eigenvalue weighted by Crippen LogP contribution is -2.38. The molecule has 160 valence electrons. The lowest BCUT2D eigenvalue weighted by molar-refractivity contribution is -0.122. The third kappa shape index (κ3) is 5.11. The number of nitrogens with two attached hydrogens (primary N) is 1. The van der Waals surface area contributed by atoms with Crippen LogP contribution in [0.1, 0.15) is 26.6 Å². The normalized spacial score (nSPS) is 12.8. The molecule has 30 heavy (non-hydrogen) atoms. The molecule has 1 amide bonds. The van der Waals surface area contributed by atoms with Crippen LogP contribution in [0.15, 0.2) is 36.4 Å². The summed E-state index contributed by atoms with van der Waals surface area (Å²) in [5.74, 6) is -1.12. The molecular formula is C21H24F2N4O3. The number of aliphatic hydroxyl groups is 1. The number of ether oxygens (including phenoxy) is 1. The van der Waals surface area contributed by atoms with Gasteiger partial charge in [0.15, 0.2) is 11.6 Å². The largest absolute Gasteiger partial charge is 0.454 e. The highest BCUT2D eigenvalue weighted by Gasteiger charge is 2.20. The molecule has 0 saturated heterocycles. The number of nitrogens with zero attached hydrogens (tertiary/aromatic N) is 2. The molecule has 1 atom stereocenters. The summed E-state index contributed by atoms with van der Waals surface area (Å²) in [4.78, 5) is 16.4. The average molecular weight is 418 g/mol. The first-order chi connectivity index (χ1) is 14.0. The van der Waals surface area contributed by atoms with Gasteiger partial charge in [-0.15, -0.1) is 0 Å². The van der Waals surface area contributed by atoms with E-state index in [1.807, 2.05) is 0 Å². The molecule has 0 saturated carbocycles. The van der Waals surface area contributed by atoms with Gasteiger partial charge in [0.1, 0.15) is 17.4 Å². The Morgan fingerprint density at radius 3 is 2.67 bits per heavy atom. The van der Waals surface area contributed by atoms with Crippen LogP contribution >= 0.6 is 0 Å². The molecule has 7 nitrogen and oxygen atoms in total. The minimum atomic E-state index is -1.06. The van der Waals surface area contributed by atoms with Crippen LogP contribution in [0.2, 0.25) is 0 Å². The van der Waals surface area contributed by atoms with Crippen molar-refractivity contribution in [1.29, 1.82) is 0 Å². The van der Waals surface area contributed by atoms with Gasteiger partial charge in [0, 0.05) is 12.1 Å². The number of benzene rings is 2. The van der Waals surface area contributed by atoms with Gasteiger partial charge in [0.2, 0.25) is 5.91 Å². The Hall–Kier alpha value is -3.04. The molecule has 0 aliphatic carbocycles. The van der Waals surface area contributed by atoms with Gasteiger partial charge in [-0.3, -0.25) is 4.79 Å². The Morgan fingerprint density at radius 1 is 1.30 bits per heavy atom. The number of imidazole rings is 1. The van der Waals surface area contributed by atoms with Crippen molar-refractivity contribution in [3.05, 3.63) is 53.9 Å². The maximum absolute atomic E-state index is 13.9. The predicted molar refractivity (Wildman–Crippen MR) is 108 cm³/mol. The molecule has 0 aliphatic heterocycles. The molecule has 9 heteroatoms. The van der Waals surface area contributed by atoms with Crippen molar-refractivity contribution in [3.8, 4) is 11.5 Å².